The largest absolute Gasteiger partial charge is 0.397 e. The van der Waals surface area contributed by atoms with Crippen LogP contribution in [0, 0.1) is 34.5 Å². The molecule has 3 saturated carbocycles. The highest BCUT2D eigenvalue weighted by molar-refractivity contribution is 14.1. The lowest BCUT2D eigenvalue weighted by Crippen LogP contribution is -2.51. The Balaban J connectivity index is 1.41. The molecule has 3 fully saturated rings. The molecule has 0 aromatic rings. The van der Waals surface area contributed by atoms with Crippen LogP contribution in [0.25, 0.3) is 0 Å². The maximum Gasteiger partial charge on any atom is 0.397 e. The van der Waals surface area contributed by atoms with Crippen molar-refractivity contribution < 1.29 is 34.3 Å². The monoisotopic (exact) mass is 674 g/mol. The maximum absolute atomic E-state index is 11.3. The summed E-state index contributed by atoms with van der Waals surface area (Å²) < 4.78 is 73.3. The van der Waals surface area contributed by atoms with Gasteiger partial charge in [-0.3, -0.25) is 9.11 Å². The molecule has 2 N–H and O–H groups in total. The number of halogens is 1. The second-order valence-corrected chi connectivity index (χ2v) is 16.7. The number of alkyl halides is 1. The Kier molecular flexibility index (Phi) is 8.61. The van der Waals surface area contributed by atoms with E-state index in [1.165, 1.54) is 31.3 Å². The molecular formula is C26H43IO8S2. The van der Waals surface area contributed by atoms with Crippen LogP contribution in [0.5, 0.6) is 0 Å². The molecule has 4 aliphatic rings. The van der Waals surface area contributed by atoms with Crippen molar-refractivity contribution in [1.29, 1.82) is 0 Å². The summed E-state index contributed by atoms with van der Waals surface area (Å²) in [7, 11) is -8.90. The SMILES string of the molecule is CC(C)(CCC[C@H](I)[C@H]1CC[C@H]2[C@@H]3CC=C4C[C@@H](OS(=O)(=O)O)CC[C@]4(C)[C@H]3CC[C@]12C)OS(=O)(=O)O. The first-order chi connectivity index (χ1) is 16.9. The van der Waals surface area contributed by atoms with Gasteiger partial charge in [-0.2, -0.15) is 16.8 Å². The number of allylic oxidation sites excluding steroid dienone is 1. The molecule has 0 aromatic heterocycles. The second-order valence-electron chi connectivity index (χ2n) is 13.1. The molecule has 214 valence electrons. The predicted octanol–water partition coefficient (Wildman–Crippen LogP) is 6.33. The van der Waals surface area contributed by atoms with Gasteiger partial charge in [-0.25, -0.2) is 8.37 Å². The lowest BCUT2D eigenvalue weighted by Gasteiger charge is -2.58. The van der Waals surface area contributed by atoms with E-state index in [-0.39, 0.29) is 5.41 Å². The van der Waals surface area contributed by atoms with Gasteiger partial charge in [0.25, 0.3) is 0 Å². The van der Waals surface area contributed by atoms with E-state index in [0.717, 1.165) is 25.7 Å². The molecule has 0 aliphatic heterocycles. The Morgan fingerprint density at radius 3 is 2.41 bits per heavy atom. The van der Waals surface area contributed by atoms with Crippen molar-refractivity contribution in [2.24, 2.45) is 34.5 Å². The summed E-state index contributed by atoms with van der Waals surface area (Å²) in [5, 5.41) is 0. The van der Waals surface area contributed by atoms with Crippen LogP contribution >= 0.6 is 22.6 Å². The Morgan fingerprint density at radius 2 is 1.76 bits per heavy atom. The van der Waals surface area contributed by atoms with Gasteiger partial charge in [0.15, 0.2) is 0 Å². The maximum atomic E-state index is 11.3. The third-order valence-electron chi connectivity index (χ3n) is 10.4. The van der Waals surface area contributed by atoms with Crippen molar-refractivity contribution in [3.8, 4) is 0 Å². The highest BCUT2D eigenvalue weighted by Gasteiger charge is 2.59. The van der Waals surface area contributed by atoms with Crippen LogP contribution in [0.4, 0.5) is 0 Å². The molecule has 0 bridgehead atoms. The molecule has 0 radical (unpaired) electrons. The van der Waals surface area contributed by atoms with Crippen LogP contribution in [0.2, 0.25) is 0 Å². The van der Waals surface area contributed by atoms with E-state index in [0.29, 0.717) is 52.3 Å². The van der Waals surface area contributed by atoms with Gasteiger partial charge in [0.05, 0.1) is 11.7 Å². The molecule has 4 rings (SSSR count). The van der Waals surface area contributed by atoms with Gasteiger partial charge in [-0.1, -0.05) is 48.1 Å². The van der Waals surface area contributed by atoms with Crippen molar-refractivity contribution in [3.63, 3.8) is 0 Å². The van der Waals surface area contributed by atoms with E-state index < -0.39 is 32.5 Å². The van der Waals surface area contributed by atoms with E-state index in [4.69, 9.17) is 17.5 Å². The average Bonchev–Trinajstić information content (AvgIpc) is 3.08. The molecule has 0 unspecified atom stereocenters. The van der Waals surface area contributed by atoms with Crippen LogP contribution in [0.15, 0.2) is 11.6 Å². The fourth-order valence-corrected chi connectivity index (χ4v) is 11.6. The minimum absolute atomic E-state index is 0.0732. The fourth-order valence-electron chi connectivity index (χ4n) is 8.77. The van der Waals surface area contributed by atoms with E-state index >= 15 is 0 Å². The Morgan fingerprint density at radius 1 is 1.05 bits per heavy atom. The van der Waals surface area contributed by atoms with Gasteiger partial charge in [0.2, 0.25) is 0 Å². The molecule has 8 nitrogen and oxygen atoms in total. The standard InChI is InChI=1S/C26H43IO8S2/c1-24(2,35-37(31,32)33)13-5-6-23(27)22-10-9-20-19-8-7-17-16-18(34-36(28,29)30)11-14-25(17,3)21(19)12-15-26(20,22)4/h7,18-23H,5-6,8-16H2,1-4H3,(H,28,29,30)(H,31,32,33)/t18-,19-,20-,21-,22+,23-,25-,26-/m0/s1. The fraction of sp³-hybridized carbons (Fsp3) is 0.923. The quantitative estimate of drug-likeness (QED) is 0.126. The predicted molar refractivity (Wildman–Crippen MR) is 150 cm³/mol. The highest BCUT2D eigenvalue weighted by atomic mass is 127. The molecule has 37 heavy (non-hydrogen) atoms. The van der Waals surface area contributed by atoms with Gasteiger partial charge in [0.1, 0.15) is 0 Å². The van der Waals surface area contributed by atoms with Crippen LogP contribution in [-0.2, 0) is 29.2 Å². The van der Waals surface area contributed by atoms with E-state index in [9.17, 15) is 16.8 Å². The number of rotatable bonds is 9. The summed E-state index contributed by atoms with van der Waals surface area (Å²) in [6.07, 6.45) is 12.3. The summed E-state index contributed by atoms with van der Waals surface area (Å²) >= 11 is 2.61. The van der Waals surface area contributed by atoms with Gasteiger partial charge in [-0.05, 0) is 119 Å². The summed E-state index contributed by atoms with van der Waals surface area (Å²) in [5.41, 5.74) is 0.759. The van der Waals surface area contributed by atoms with Crippen molar-refractivity contribution in [2.75, 3.05) is 0 Å². The van der Waals surface area contributed by atoms with Gasteiger partial charge in [-0.15, -0.1) is 0 Å². The van der Waals surface area contributed by atoms with Crippen LogP contribution in [-0.4, -0.2) is 41.6 Å². The zero-order valence-corrected chi connectivity index (χ0v) is 26.1. The first kappa shape index (κ1) is 30.2. The van der Waals surface area contributed by atoms with Crippen LogP contribution < -0.4 is 0 Å². The van der Waals surface area contributed by atoms with E-state index in [1.807, 2.05) is 0 Å². The number of fused-ring (bicyclic) bond motifs is 5. The zero-order chi connectivity index (χ0) is 27.4. The molecule has 0 saturated heterocycles. The molecule has 0 heterocycles. The number of hydrogen-bond acceptors (Lipinski definition) is 6. The molecule has 8 atom stereocenters. The normalized spacial score (nSPS) is 39.3. The highest BCUT2D eigenvalue weighted by Crippen LogP contribution is 2.67. The lowest BCUT2D eigenvalue weighted by molar-refractivity contribution is -0.0481. The third kappa shape index (κ3) is 6.59. The summed E-state index contributed by atoms with van der Waals surface area (Å²) in [6, 6.07) is 0. The molecular weight excluding hydrogens is 631 g/mol. The summed E-state index contributed by atoms with van der Waals surface area (Å²) in [6.45, 7) is 8.27. The van der Waals surface area contributed by atoms with E-state index in [2.05, 4.69) is 42.5 Å². The second kappa shape index (κ2) is 10.6. The van der Waals surface area contributed by atoms with Crippen molar-refractivity contribution in [1.82, 2.24) is 0 Å². The molecule has 0 aromatic carbocycles. The molecule has 0 amide bonds. The Hall–Kier alpha value is 0.210. The third-order valence-corrected chi connectivity index (χ3v) is 13.1. The summed E-state index contributed by atoms with van der Waals surface area (Å²) in [5.74, 6) is 2.54. The smallest absolute Gasteiger partial charge is 0.264 e. The number of hydrogen-bond donors (Lipinski definition) is 2. The average molecular weight is 675 g/mol. The van der Waals surface area contributed by atoms with Gasteiger partial charge in [0, 0.05) is 3.92 Å². The van der Waals surface area contributed by atoms with Gasteiger partial charge >= 0.3 is 20.8 Å². The molecule has 4 aliphatic carbocycles. The van der Waals surface area contributed by atoms with E-state index in [1.54, 1.807) is 13.8 Å². The first-order valence-corrected chi connectivity index (χ1v) is 17.6. The summed E-state index contributed by atoms with van der Waals surface area (Å²) in [4.78, 5) is 0. The first-order valence-electron chi connectivity index (χ1n) is 13.6. The Labute approximate surface area is 236 Å². The van der Waals surface area contributed by atoms with Crippen LogP contribution in [0.1, 0.15) is 98.3 Å². The minimum atomic E-state index is -4.46. The van der Waals surface area contributed by atoms with Crippen molar-refractivity contribution in [3.05, 3.63) is 11.6 Å². The van der Waals surface area contributed by atoms with Gasteiger partial charge < -0.3 is 0 Å². The van der Waals surface area contributed by atoms with Crippen LogP contribution in [0.3, 0.4) is 0 Å². The molecule has 11 heteroatoms. The van der Waals surface area contributed by atoms with Crippen molar-refractivity contribution in [2.45, 2.75) is 114 Å². The minimum Gasteiger partial charge on any atom is -0.264 e. The topological polar surface area (TPSA) is 127 Å². The zero-order valence-electron chi connectivity index (χ0n) is 22.4. The molecule has 0 spiro atoms. The van der Waals surface area contributed by atoms with Crippen molar-refractivity contribution >= 4 is 43.4 Å². The Bertz CT molecular complexity index is 1100. The lowest BCUT2D eigenvalue weighted by atomic mass is 9.47.